The minimum absolute atomic E-state index is 0.851. The molecule has 0 aliphatic heterocycles. The van der Waals surface area contributed by atoms with Crippen LogP contribution in [0.1, 0.15) is 29.5 Å². The smallest absolute Gasteiger partial charge is 0.0416 e. The summed E-state index contributed by atoms with van der Waals surface area (Å²) in [6.07, 6.45) is 8.83. The number of hydrogen-bond donors (Lipinski definition) is 1. The maximum atomic E-state index is 4.14. The summed E-state index contributed by atoms with van der Waals surface area (Å²) in [5.74, 6) is 0. The molecule has 0 atom stereocenters. The fraction of sp³-hybridized carbons (Fsp3) is 0.312. The Labute approximate surface area is 108 Å². The molecule has 0 amide bonds. The lowest BCUT2D eigenvalue weighted by atomic mass is 9.90. The number of hydrogen-bond acceptors (Lipinski definition) is 2. The van der Waals surface area contributed by atoms with Crippen LogP contribution in [0, 0.1) is 0 Å². The second kappa shape index (κ2) is 5.21. The molecule has 0 fully saturated rings. The van der Waals surface area contributed by atoms with Gasteiger partial charge in [0.1, 0.15) is 0 Å². The molecule has 0 spiro atoms. The van der Waals surface area contributed by atoms with E-state index in [9.17, 15) is 0 Å². The Kier molecular flexibility index (Phi) is 3.26. The number of nitrogens with one attached hydrogen (secondary N) is 1. The minimum atomic E-state index is 0.851. The van der Waals surface area contributed by atoms with Gasteiger partial charge in [-0.15, -0.1) is 0 Å². The van der Waals surface area contributed by atoms with Gasteiger partial charge in [0.15, 0.2) is 0 Å². The van der Waals surface area contributed by atoms with Crippen LogP contribution in [-0.4, -0.2) is 4.98 Å². The number of aryl methyl sites for hydroxylation is 1. The van der Waals surface area contributed by atoms with Crippen LogP contribution in [-0.2, 0) is 19.4 Å². The highest BCUT2D eigenvalue weighted by molar-refractivity contribution is 5.55. The summed E-state index contributed by atoms with van der Waals surface area (Å²) in [5.41, 5.74) is 5.58. The first kappa shape index (κ1) is 11.3. The van der Waals surface area contributed by atoms with Crippen molar-refractivity contribution in [3.8, 4) is 0 Å². The van der Waals surface area contributed by atoms with Gasteiger partial charge in [-0.05, 0) is 54.5 Å². The first-order valence-electron chi connectivity index (χ1n) is 6.67. The Morgan fingerprint density at radius 3 is 2.89 bits per heavy atom. The largest absolute Gasteiger partial charge is 0.381 e. The predicted octanol–water partition coefficient (Wildman–Crippen LogP) is 3.57. The van der Waals surface area contributed by atoms with E-state index in [4.69, 9.17) is 0 Å². The third-order valence-electron chi connectivity index (χ3n) is 3.60. The van der Waals surface area contributed by atoms with Gasteiger partial charge >= 0.3 is 0 Å². The van der Waals surface area contributed by atoms with Crippen molar-refractivity contribution in [2.75, 3.05) is 5.32 Å². The summed E-state index contributed by atoms with van der Waals surface area (Å²) in [4.78, 5) is 4.14. The fourth-order valence-electron chi connectivity index (χ4n) is 2.65. The molecule has 2 heteroatoms. The molecule has 0 radical (unpaired) electrons. The van der Waals surface area contributed by atoms with Gasteiger partial charge < -0.3 is 5.32 Å². The van der Waals surface area contributed by atoms with Crippen LogP contribution in [0.2, 0.25) is 0 Å². The van der Waals surface area contributed by atoms with Gasteiger partial charge in [0.05, 0.1) is 0 Å². The van der Waals surface area contributed by atoms with Crippen LogP contribution < -0.4 is 5.32 Å². The van der Waals surface area contributed by atoms with Crippen molar-refractivity contribution >= 4 is 5.69 Å². The Balaban J connectivity index is 1.77. The summed E-state index contributed by atoms with van der Waals surface area (Å²) in [7, 11) is 0. The molecule has 0 bridgehead atoms. The average molecular weight is 238 g/mol. The first-order valence-corrected chi connectivity index (χ1v) is 6.67. The lowest BCUT2D eigenvalue weighted by Gasteiger charge is -2.20. The molecular formula is C16H18N2. The van der Waals surface area contributed by atoms with Crippen molar-refractivity contribution in [3.63, 3.8) is 0 Å². The molecule has 1 aliphatic rings. The third-order valence-corrected chi connectivity index (χ3v) is 3.60. The number of anilines is 1. The molecule has 3 rings (SSSR count). The van der Waals surface area contributed by atoms with Crippen LogP contribution >= 0.6 is 0 Å². The van der Waals surface area contributed by atoms with E-state index in [0.29, 0.717) is 0 Å². The monoisotopic (exact) mass is 238 g/mol. The van der Waals surface area contributed by atoms with Crippen molar-refractivity contribution in [2.45, 2.75) is 32.2 Å². The molecule has 0 saturated carbocycles. The van der Waals surface area contributed by atoms with Gasteiger partial charge in [0.25, 0.3) is 0 Å². The van der Waals surface area contributed by atoms with Gasteiger partial charge in [-0.3, -0.25) is 4.98 Å². The molecule has 1 N–H and O–H groups in total. The number of benzene rings is 1. The molecule has 1 heterocycles. The Morgan fingerprint density at radius 1 is 1.06 bits per heavy atom. The lowest BCUT2D eigenvalue weighted by Crippen LogP contribution is -2.08. The molecule has 2 nitrogen and oxygen atoms in total. The number of rotatable bonds is 3. The van der Waals surface area contributed by atoms with E-state index in [1.54, 1.807) is 0 Å². The SMILES string of the molecule is c1cncc(CNc2cccc3c2CCCC3)c1. The molecule has 0 unspecified atom stereocenters. The minimum Gasteiger partial charge on any atom is -0.381 e. The van der Waals surface area contributed by atoms with Crippen LogP contribution in [0.5, 0.6) is 0 Å². The van der Waals surface area contributed by atoms with Gasteiger partial charge in [-0.2, -0.15) is 0 Å². The second-order valence-corrected chi connectivity index (χ2v) is 4.87. The summed E-state index contributed by atoms with van der Waals surface area (Å²) < 4.78 is 0. The van der Waals surface area contributed by atoms with Crippen LogP contribution in [0.4, 0.5) is 5.69 Å². The highest BCUT2D eigenvalue weighted by atomic mass is 14.9. The molecule has 1 aliphatic carbocycles. The lowest BCUT2D eigenvalue weighted by molar-refractivity contribution is 0.686. The number of pyridine rings is 1. The molecule has 92 valence electrons. The maximum absolute atomic E-state index is 4.14. The fourth-order valence-corrected chi connectivity index (χ4v) is 2.65. The summed E-state index contributed by atoms with van der Waals surface area (Å²) in [6.45, 7) is 0.851. The average Bonchev–Trinajstić information content (AvgIpc) is 2.46. The van der Waals surface area contributed by atoms with E-state index >= 15 is 0 Å². The van der Waals surface area contributed by atoms with E-state index in [0.717, 1.165) is 6.54 Å². The van der Waals surface area contributed by atoms with Crippen molar-refractivity contribution in [2.24, 2.45) is 0 Å². The first-order chi connectivity index (χ1) is 8.93. The molecule has 1 aromatic carbocycles. The van der Waals surface area contributed by atoms with Crippen LogP contribution in [0.15, 0.2) is 42.7 Å². The third kappa shape index (κ3) is 2.37. The highest BCUT2D eigenvalue weighted by Gasteiger charge is 2.12. The zero-order chi connectivity index (χ0) is 12.2. The zero-order valence-corrected chi connectivity index (χ0v) is 10.5. The van der Waals surface area contributed by atoms with Crippen molar-refractivity contribution < 1.29 is 0 Å². The normalized spacial score (nSPS) is 14.0. The predicted molar refractivity (Wildman–Crippen MR) is 74.6 cm³/mol. The summed E-state index contributed by atoms with van der Waals surface area (Å²) in [5, 5.41) is 3.55. The topological polar surface area (TPSA) is 24.9 Å². The van der Waals surface area contributed by atoms with Gasteiger partial charge in [-0.25, -0.2) is 0 Å². The zero-order valence-electron chi connectivity index (χ0n) is 10.5. The van der Waals surface area contributed by atoms with E-state index in [-0.39, 0.29) is 0 Å². The number of nitrogens with zero attached hydrogens (tertiary/aromatic N) is 1. The number of aromatic nitrogens is 1. The molecular weight excluding hydrogens is 220 g/mol. The Bertz CT molecular complexity index is 520. The molecule has 2 aromatic rings. The summed E-state index contributed by atoms with van der Waals surface area (Å²) >= 11 is 0. The maximum Gasteiger partial charge on any atom is 0.0416 e. The standard InChI is InChI=1S/C16H18N2/c1-2-8-15-14(6-1)7-3-9-16(15)18-12-13-5-4-10-17-11-13/h3-5,7,9-11,18H,1-2,6,8,12H2. The molecule has 0 saturated heterocycles. The van der Waals surface area contributed by atoms with Gasteiger partial charge in [0.2, 0.25) is 0 Å². The quantitative estimate of drug-likeness (QED) is 0.884. The van der Waals surface area contributed by atoms with Gasteiger partial charge in [0, 0.05) is 24.6 Å². The Hall–Kier alpha value is -1.83. The van der Waals surface area contributed by atoms with Crippen molar-refractivity contribution in [3.05, 3.63) is 59.4 Å². The van der Waals surface area contributed by atoms with E-state index < -0.39 is 0 Å². The van der Waals surface area contributed by atoms with E-state index in [1.165, 1.54) is 48.1 Å². The van der Waals surface area contributed by atoms with Crippen LogP contribution in [0.25, 0.3) is 0 Å². The highest BCUT2D eigenvalue weighted by Crippen LogP contribution is 2.28. The summed E-state index contributed by atoms with van der Waals surface area (Å²) in [6, 6.07) is 10.7. The van der Waals surface area contributed by atoms with Crippen molar-refractivity contribution in [1.82, 2.24) is 4.98 Å². The van der Waals surface area contributed by atoms with Crippen LogP contribution in [0.3, 0.4) is 0 Å². The van der Waals surface area contributed by atoms with E-state index in [1.807, 2.05) is 18.5 Å². The van der Waals surface area contributed by atoms with E-state index in [2.05, 4.69) is 34.6 Å². The molecule has 18 heavy (non-hydrogen) atoms. The second-order valence-electron chi connectivity index (χ2n) is 4.87. The number of fused-ring (bicyclic) bond motifs is 1. The van der Waals surface area contributed by atoms with Gasteiger partial charge in [-0.1, -0.05) is 18.2 Å². The molecule has 1 aromatic heterocycles. The Morgan fingerprint density at radius 2 is 2.00 bits per heavy atom. The van der Waals surface area contributed by atoms with Crippen molar-refractivity contribution in [1.29, 1.82) is 0 Å².